The van der Waals surface area contributed by atoms with E-state index in [0.29, 0.717) is 6.61 Å². The molecule has 142 valence electrons. The first-order valence-electron chi connectivity index (χ1n) is 10.2. The highest BCUT2D eigenvalue weighted by molar-refractivity contribution is 5.99. The number of methoxy groups -OCH3 is 1. The van der Waals surface area contributed by atoms with Gasteiger partial charge in [-0.2, -0.15) is 0 Å². The summed E-state index contributed by atoms with van der Waals surface area (Å²) in [6.45, 7) is 4.29. The third-order valence-corrected chi connectivity index (χ3v) is 6.31. The molecule has 0 radical (unpaired) electrons. The number of nitrogens with zero attached hydrogens (tertiary/aromatic N) is 2. The Hall–Kier alpha value is -1.75. The van der Waals surface area contributed by atoms with E-state index in [1.54, 1.807) is 7.11 Å². The normalized spacial score (nSPS) is 21.7. The summed E-state index contributed by atoms with van der Waals surface area (Å²) in [6.07, 6.45) is 9.61. The zero-order chi connectivity index (χ0) is 18.0. The summed E-state index contributed by atoms with van der Waals surface area (Å²) in [6, 6.07) is 4.15. The van der Waals surface area contributed by atoms with E-state index in [-0.39, 0.29) is 5.41 Å². The minimum absolute atomic E-state index is 0.0743. The van der Waals surface area contributed by atoms with Gasteiger partial charge in [0.2, 0.25) is 0 Å². The Labute approximate surface area is 156 Å². The van der Waals surface area contributed by atoms with Gasteiger partial charge in [0.15, 0.2) is 11.5 Å². The van der Waals surface area contributed by atoms with Crippen LogP contribution in [0.2, 0.25) is 0 Å². The van der Waals surface area contributed by atoms with E-state index in [4.69, 9.17) is 20.2 Å². The maximum absolute atomic E-state index is 6.39. The molecule has 3 aliphatic rings. The molecule has 2 fully saturated rings. The SMILES string of the molecule is COc1cc2c(cc1OCCCN1CCCC1)N=C(N)C21CCCCC1. The standard InChI is InChI=1S/C21H31N3O2/c1-25-18-14-16-17(23-20(22)21(16)8-3-2-4-9-21)15-19(18)26-13-7-12-24-10-5-6-11-24/h14-15H,2-13H2,1H3,(H2,22,23). The third-order valence-electron chi connectivity index (χ3n) is 6.31. The predicted molar refractivity (Wildman–Crippen MR) is 105 cm³/mol. The van der Waals surface area contributed by atoms with Crippen LogP contribution in [0.15, 0.2) is 17.1 Å². The van der Waals surface area contributed by atoms with Crippen LogP contribution in [0.4, 0.5) is 5.69 Å². The highest BCUT2D eigenvalue weighted by Crippen LogP contribution is 2.51. The summed E-state index contributed by atoms with van der Waals surface area (Å²) in [5.41, 5.74) is 8.52. The molecule has 0 unspecified atom stereocenters. The van der Waals surface area contributed by atoms with Crippen LogP contribution in [0.3, 0.4) is 0 Å². The summed E-state index contributed by atoms with van der Waals surface area (Å²) in [7, 11) is 1.71. The fraction of sp³-hybridized carbons (Fsp3) is 0.667. The van der Waals surface area contributed by atoms with Crippen LogP contribution in [0.1, 0.15) is 56.9 Å². The number of rotatable bonds is 6. The van der Waals surface area contributed by atoms with Crippen molar-refractivity contribution in [3.05, 3.63) is 17.7 Å². The van der Waals surface area contributed by atoms with Crippen LogP contribution in [-0.4, -0.2) is 44.1 Å². The fourth-order valence-electron chi connectivity index (χ4n) is 4.83. The van der Waals surface area contributed by atoms with Gasteiger partial charge >= 0.3 is 0 Å². The molecule has 1 aromatic carbocycles. The monoisotopic (exact) mass is 357 g/mol. The van der Waals surface area contributed by atoms with Gasteiger partial charge in [0.25, 0.3) is 0 Å². The Morgan fingerprint density at radius 2 is 1.85 bits per heavy atom. The molecule has 1 saturated heterocycles. The molecule has 2 heterocycles. The number of nitrogens with two attached hydrogens (primary N) is 1. The Kier molecular flexibility index (Phi) is 5.07. The molecule has 0 bridgehead atoms. The first kappa shape index (κ1) is 17.7. The van der Waals surface area contributed by atoms with E-state index in [0.717, 1.165) is 48.8 Å². The van der Waals surface area contributed by atoms with Gasteiger partial charge < -0.3 is 20.1 Å². The van der Waals surface area contributed by atoms with Crippen molar-refractivity contribution < 1.29 is 9.47 Å². The lowest BCUT2D eigenvalue weighted by molar-refractivity contribution is 0.254. The third kappa shape index (κ3) is 3.18. The smallest absolute Gasteiger partial charge is 0.163 e. The topological polar surface area (TPSA) is 60.1 Å². The van der Waals surface area contributed by atoms with Crippen LogP contribution in [0.25, 0.3) is 0 Å². The van der Waals surface area contributed by atoms with Crippen molar-refractivity contribution in [1.82, 2.24) is 4.90 Å². The number of hydrogen-bond acceptors (Lipinski definition) is 5. The maximum Gasteiger partial charge on any atom is 0.163 e. The van der Waals surface area contributed by atoms with Crippen molar-refractivity contribution in [3.63, 3.8) is 0 Å². The summed E-state index contributed by atoms with van der Waals surface area (Å²) in [5, 5.41) is 0. The van der Waals surface area contributed by atoms with E-state index in [9.17, 15) is 0 Å². The van der Waals surface area contributed by atoms with Crippen molar-refractivity contribution in [1.29, 1.82) is 0 Å². The number of likely N-dealkylation sites (tertiary alicyclic amines) is 1. The Morgan fingerprint density at radius 3 is 2.58 bits per heavy atom. The molecule has 0 aromatic heterocycles. The van der Waals surface area contributed by atoms with Gasteiger partial charge in [-0.1, -0.05) is 19.3 Å². The number of ether oxygens (including phenoxy) is 2. The quantitative estimate of drug-likeness (QED) is 0.788. The zero-order valence-corrected chi connectivity index (χ0v) is 15.9. The number of amidine groups is 1. The lowest BCUT2D eigenvalue weighted by Gasteiger charge is -2.34. The van der Waals surface area contributed by atoms with Crippen LogP contribution in [0.5, 0.6) is 11.5 Å². The van der Waals surface area contributed by atoms with Crippen LogP contribution in [-0.2, 0) is 5.41 Å². The van der Waals surface area contributed by atoms with E-state index in [1.807, 2.05) is 6.07 Å². The summed E-state index contributed by atoms with van der Waals surface area (Å²) in [5.74, 6) is 2.37. The molecule has 1 aromatic rings. The van der Waals surface area contributed by atoms with Gasteiger partial charge in [-0.05, 0) is 56.8 Å². The van der Waals surface area contributed by atoms with Crippen molar-refractivity contribution in [3.8, 4) is 11.5 Å². The van der Waals surface area contributed by atoms with Gasteiger partial charge in [-0.3, -0.25) is 0 Å². The van der Waals surface area contributed by atoms with E-state index < -0.39 is 0 Å². The second kappa shape index (κ2) is 7.47. The molecule has 0 atom stereocenters. The molecule has 1 aliphatic carbocycles. The molecule has 1 spiro atoms. The molecular weight excluding hydrogens is 326 g/mol. The number of aliphatic imine (C=N–C) groups is 1. The molecule has 26 heavy (non-hydrogen) atoms. The lowest BCUT2D eigenvalue weighted by Crippen LogP contribution is -2.40. The number of fused-ring (bicyclic) bond motifs is 2. The van der Waals surface area contributed by atoms with Gasteiger partial charge in [0, 0.05) is 12.6 Å². The molecule has 5 nitrogen and oxygen atoms in total. The first-order valence-corrected chi connectivity index (χ1v) is 10.2. The van der Waals surface area contributed by atoms with E-state index >= 15 is 0 Å². The second-order valence-corrected chi connectivity index (χ2v) is 7.91. The van der Waals surface area contributed by atoms with E-state index in [2.05, 4.69) is 11.0 Å². The Balaban J connectivity index is 1.47. The summed E-state index contributed by atoms with van der Waals surface area (Å²) >= 11 is 0. The molecular formula is C21H31N3O2. The van der Waals surface area contributed by atoms with E-state index in [1.165, 1.54) is 50.8 Å². The number of benzene rings is 1. The first-order chi connectivity index (χ1) is 12.7. The maximum atomic E-state index is 6.39. The highest BCUT2D eigenvalue weighted by Gasteiger charge is 2.43. The molecule has 1 saturated carbocycles. The number of hydrogen-bond donors (Lipinski definition) is 1. The Bertz CT molecular complexity index is 674. The second-order valence-electron chi connectivity index (χ2n) is 7.91. The molecule has 2 aliphatic heterocycles. The van der Waals surface area contributed by atoms with Crippen LogP contribution >= 0.6 is 0 Å². The van der Waals surface area contributed by atoms with Crippen molar-refractivity contribution >= 4 is 11.5 Å². The average Bonchev–Trinajstić information content (AvgIpc) is 3.27. The predicted octanol–water partition coefficient (Wildman–Crippen LogP) is 3.76. The van der Waals surface area contributed by atoms with Gasteiger partial charge in [0.05, 0.1) is 24.8 Å². The van der Waals surface area contributed by atoms with Crippen molar-refractivity contribution in [2.75, 3.05) is 33.4 Å². The average molecular weight is 357 g/mol. The zero-order valence-electron chi connectivity index (χ0n) is 15.9. The molecule has 4 rings (SSSR count). The minimum Gasteiger partial charge on any atom is -0.493 e. The Morgan fingerprint density at radius 1 is 1.08 bits per heavy atom. The highest BCUT2D eigenvalue weighted by atomic mass is 16.5. The molecule has 2 N–H and O–H groups in total. The van der Waals surface area contributed by atoms with Gasteiger partial charge in [-0.25, -0.2) is 4.99 Å². The molecule has 0 amide bonds. The largest absolute Gasteiger partial charge is 0.493 e. The lowest BCUT2D eigenvalue weighted by atomic mass is 9.69. The summed E-state index contributed by atoms with van der Waals surface area (Å²) in [4.78, 5) is 7.22. The molecule has 5 heteroatoms. The van der Waals surface area contributed by atoms with Crippen molar-refractivity contribution in [2.24, 2.45) is 10.7 Å². The van der Waals surface area contributed by atoms with Crippen LogP contribution < -0.4 is 15.2 Å². The van der Waals surface area contributed by atoms with Crippen molar-refractivity contribution in [2.45, 2.75) is 56.8 Å². The van der Waals surface area contributed by atoms with Gasteiger partial charge in [0.1, 0.15) is 5.84 Å². The van der Waals surface area contributed by atoms with Crippen LogP contribution in [0, 0.1) is 0 Å². The summed E-state index contributed by atoms with van der Waals surface area (Å²) < 4.78 is 11.7. The minimum atomic E-state index is -0.0743. The fourth-order valence-corrected chi connectivity index (χ4v) is 4.83. The van der Waals surface area contributed by atoms with Gasteiger partial charge in [-0.15, -0.1) is 0 Å².